The van der Waals surface area contributed by atoms with E-state index in [9.17, 15) is 0 Å². The summed E-state index contributed by atoms with van der Waals surface area (Å²) in [7, 11) is 0. The summed E-state index contributed by atoms with van der Waals surface area (Å²) in [4.78, 5) is 0. The third-order valence-corrected chi connectivity index (χ3v) is 3.58. The summed E-state index contributed by atoms with van der Waals surface area (Å²) in [5, 5.41) is 0. The molecule has 0 unspecified atom stereocenters. The number of hydrogen-bond acceptors (Lipinski definition) is 1. The lowest BCUT2D eigenvalue weighted by Crippen LogP contribution is -2.34. The Hall–Kier alpha value is -0.0400. The van der Waals surface area contributed by atoms with Crippen LogP contribution in [0, 0.1) is 11.8 Å². The molecule has 11 heavy (non-hydrogen) atoms. The van der Waals surface area contributed by atoms with E-state index in [1.165, 1.54) is 44.9 Å². The average molecular weight is 153 g/mol. The van der Waals surface area contributed by atoms with Crippen LogP contribution in [0.1, 0.15) is 44.9 Å². The minimum absolute atomic E-state index is 0.536. The predicted octanol–water partition coefficient (Wildman–Crippen LogP) is 2.30. The van der Waals surface area contributed by atoms with Crippen LogP contribution < -0.4 is 5.73 Å². The first-order valence-electron chi connectivity index (χ1n) is 5.12. The standard InChI is InChI=1S/C10H19N/c11-10-6-5-8-3-1-2-4-9(8)7-10/h8-10H,1-7,11H2/t8-,9-,10+/m1/s1. The number of rotatable bonds is 0. The van der Waals surface area contributed by atoms with Crippen LogP contribution in [0.5, 0.6) is 0 Å². The van der Waals surface area contributed by atoms with Gasteiger partial charge in [-0.15, -0.1) is 0 Å². The van der Waals surface area contributed by atoms with Gasteiger partial charge in [0.1, 0.15) is 0 Å². The molecule has 2 rings (SSSR count). The van der Waals surface area contributed by atoms with Gasteiger partial charge in [-0.2, -0.15) is 0 Å². The molecule has 2 N–H and O–H groups in total. The van der Waals surface area contributed by atoms with Crippen LogP contribution in [-0.2, 0) is 0 Å². The molecule has 0 bridgehead atoms. The molecule has 2 aliphatic carbocycles. The fourth-order valence-electron chi connectivity index (χ4n) is 2.91. The highest BCUT2D eigenvalue weighted by molar-refractivity contribution is 4.84. The van der Waals surface area contributed by atoms with E-state index >= 15 is 0 Å². The van der Waals surface area contributed by atoms with Crippen molar-refractivity contribution in [2.24, 2.45) is 17.6 Å². The lowest BCUT2D eigenvalue weighted by Gasteiger charge is -2.38. The Kier molecular flexibility index (Phi) is 2.17. The molecule has 0 amide bonds. The van der Waals surface area contributed by atoms with Crippen LogP contribution in [0.15, 0.2) is 0 Å². The average Bonchev–Trinajstić information content (AvgIpc) is 2.04. The van der Waals surface area contributed by atoms with Gasteiger partial charge in [0.2, 0.25) is 0 Å². The van der Waals surface area contributed by atoms with E-state index in [-0.39, 0.29) is 0 Å². The van der Waals surface area contributed by atoms with Gasteiger partial charge in [-0.25, -0.2) is 0 Å². The van der Waals surface area contributed by atoms with Gasteiger partial charge in [-0.1, -0.05) is 25.7 Å². The molecule has 0 saturated heterocycles. The van der Waals surface area contributed by atoms with Crippen LogP contribution in [-0.4, -0.2) is 6.04 Å². The molecule has 0 heterocycles. The molecule has 0 aliphatic heterocycles. The third-order valence-electron chi connectivity index (χ3n) is 3.58. The van der Waals surface area contributed by atoms with Crippen molar-refractivity contribution in [3.05, 3.63) is 0 Å². The zero-order chi connectivity index (χ0) is 7.68. The van der Waals surface area contributed by atoms with Gasteiger partial charge in [-0.3, -0.25) is 0 Å². The molecule has 3 atom stereocenters. The first-order valence-corrected chi connectivity index (χ1v) is 5.12. The van der Waals surface area contributed by atoms with E-state index in [4.69, 9.17) is 5.73 Å². The monoisotopic (exact) mass is 153 g/mol. The van der Waals surface area contributed by atoms with Crippen molar-refractivity contribution in [3.8, 4) is 0 Å². The smallest absolute Gasteiger partial charge is 0.00416 e. The van der Waals surface area contributed by atoms with Crippen molar-refractivity contribution in [1.29, 1.82) is 0 Å². The van der Waals surface area contributed by atoms with Crippen LogP contribution >= 0.6 is 0 Å². The van der Waals surface area contributed by atoms with Crippen molar-refractivity contribution in [3.63, 3.8) is 0 Å². The fraction of sp³-hybridized carbons (Fsp3) is 1.00. The summed E-state index contributed by atoms with van der Waals surface area (Å²) >= 11 is 0. The van der Waals surface area contributed by atoms with Crippen molar-refractivity contribution >= 4 is 0 Å². The SMILES string of the molecule is N[C@H]1CC[C@H]2CCCC[C@@H]2C1. The summed E-state index contributed by atoms with van der Waals surface area (Å²) in [5.41, 5.74) is 5.94. The zero-order valence-corrected chi connectivity index (χ0v) is 7.26. The minimum Gasteiger partial charge on any atom is -0.328 e. The molecule has 1 heteroatoms. The second kappa shape index (κ2) is 3.14. The molecule has 2 saturated carbocycles. The predicted molar refractivity (Wildman–Crippen MR) is 47.3 cm³/mol. The van der Waals surface area contributed by atoms with Gasteiger partial charge in [0, 0.05) is 6.04 Å². The number of hydrogen-bond donors (Lipinski definition) is 1. The van der Waals surface area contributed by atoms with Crippen LogP contribution in [0.25, 0.3) is 0 Å². The quantitative estimate of drug-likeness (QED) is 0.568. The molecule has 2 aliphatic rings. The molecular formula is C10H19N. The summed E-state index contributed by atoms with van der Waals surface area (Å²) in [5.74, 6) is 2.07. The van der Waals surface area contributed by atoms with Crippen molar-refractivity contribution in [1.82, 2.24) is 0 Å². The summed E-state index contributed by atoms with van der Waals surface area (Å²) in [6, 6.07) is 0.536. The van der Waals surface area contributed by atoms with E-state index in [1.54, 1.807) is 0 Å². The lowest BCUT2D eigenvalue weighted by atomic mass is 9.70. The Morgan fingerprint density at radius 1 is 0.818 bits per heavy atom. The van der Waals surface area contributed by atoms with Crippen molar-refractivity contribution in [2.75, 3.05) is 0 Å². The fourth-order valence-corrected chi connectivity index (χ4v) is 2.91. The molecule has 0 aromatic rings. The Morgan fingerprint density at radius 2 is 1.55 bits per heavy atom. The van der Waals surface area contributed by atoms with E-state index in [1.807, 2.05) is 0 Å². The van der Waals surface area contributed by atoms with Gasteiger partial charge >= 0.3 is 0 Å². The van der Waals surface area contributed by atoms with Gasteiger partial charge in [0.25, 0.3) is 0 Å². The van der Waals surface area contributed by atoms with Gasteiger partial charge in [0.05, 0.1) is 0 Å². The van der Waals surface area contributed by atoms with Gasteiger partial charge in [0.15, 0.2) is 0 Å². The number of nitrogens with two attached hydrogens (primary N) is 1. The maximum Gasteiger partial charge on any atom is 0.00416 e. The van der Waals surface area contributed by atoms with E-state index in [0.717, 1.165) is 11.8 Å². The second-order valence-corrected chi connectivity index (χ2v) is 4.38. The largest absolute Gasteiger partial charge is 0.328 e. The number of fused-ring (bicyclic) bond motifs is 1. The van der Waals surface area contributed by atoms with Crippen LogP contribution in [0.3, 0.4) is 0 Å². The zero-order valence-electron chi connectivity index (χ0n) is 7.26. The maximum atomic E-state index is 5.94. The third kappa shape index (κ3) is 1.58. The van der Waals surface area contributed by atoms with Crippen molar-refractivity contribution < 1.29 is 0 Å². The van der Waals surface area contributed by atoms with Crippen LogP contribution in [0.4, 0.5) is 0 Å². The maximum absolute atomic E-state index is 5.94. The Bertz CT molecular complexity index is 133. The van der Waals surface area contributed by atoms with Crippen LogP contribution in [0.2, 0.25) is 0 Å². The molecular weight excluding hydrogens is 134 g/mol. The van der Waals surface area contributed by atoms with Gasteiger partial charge in [-0.05, 0) is 31.1 Å². The van der Waals surface area contributed by atoms with E-state index < -0.39 is 0 Å². The summed E-state index contributed by atoms with van der Waals surface area (Å²) in [6.45, 7) is 0. The molecule has 64 valence electrons. The topological polar surface area (TPSA) is 26.0 Å². The Balaban J connectivity index is 1.93. The molecule has 0 aromatic heterocycles. The Morgan fingerprint density at radius 3 is 2.36 bits per heavy atom. The normalized spacial score (nSPS) is 45.0. The molecule has 2 fully saturated rings. The molecule has 1 nitrogen and oxygen atoms in total. The first-order chi connectivity index (χ1) is 5.36. The van der Waals surface area contributed by atoms with E-state index in [0.29, 0.717) is 6.04 Å². The second-order valence-electron chi connectivity index (χ2n) is 4.38. The first kappa shape index (κ1) is 7.60. The minimum atomic E-state index is 0.536. The highest BCUT2D eigenvalue weighted by Crippen LogP contribution is 2.39. The highest BCUT2D eigenvalue weighted by Gasteiger charge is 2.30. The molecule has 0 aromatic carbocycles. The van der Waals surface area contributed by atoms with Gasteiger partial charge < -0.3 is 5.73 Å². The Labute approximate surface area is 69.4 Å². The summed E-state index contributed by atoms with van der Waals surface area (Å²) < 4.78 is 0. The summed E-state index contributed by atoms with van der Waals surface area (Å²) in [6.07, 6.45) is 9.96. The van der Waals surface area contributed by atoms with Crippen molar-refractivity contribution in [2.45, 2.75) is 51.0 Å². The highest BCUT2D eigenvalue weighted by atomic mass is 14.6. The molecule has 0 spiro atoms. The van der Waals surface area contributed by atoms with E-state index in [2.05, 4.69) is 0 Å². The lowest BCUT2D eigenvalue weighted by molar-refractivity contribution is 0.157. The molecule has 0 radical (unpaired) electrons.